The number of anilines is 1. The molecule has 3 aromatic rings. The molecular weight excluding hydrogens is 388 g/mol. The van der Waals surface area contributed by atoms with Gasteiger partial charge in [-0.15, -0.1) is 0 Å². The molecule has 3 aromatic carbocycles. The summed E-state index contributed by atoms with van der Waals surface area (Å²) in [5, 5.41) is 5.73. The van der Waals surface area contributed by atoms with Gasteiger partial charge in [0, 0.05) is 12.5 Å². The standard InChI is InChI=1S/C26H28N2O3/c1-2-3-18-31-25(29)22-16-10-11-17-24(22)28-26(30)27-19-23(20-12-6-4-7-13-20)21-14-8-5-9-15-21/h4-17,23H,2-3,18-19H2,1H3,(H2,27,28,30). The fourth-order valence-corrected chi connectivity index (χ4v) is 3.32. The van der Waals surface area contributed by atoms with Crippen LogP contribution in [0.4, 0.5) is 10.5 Å². The summed E-state index contributed by atoms with van der Waals surface area (Å²) in [4.78, 5) is 25.0. The van der Waals surface area contributed by atoms with Crippen LogP contribution in [0.2, 0.25) is 0 Å². The number of para-hydroxylation sites is 1. The molecule has 2 N–H and O–H groups in total. The molecule has 0 radical (unpaired) electrons. The number of rotatable bonds is 9. The van der Waals surface area contributed by atoms with E-state index in [-0.39, 0.29) is 11.9 Å². The highest BCUT2D eigenvalue weighted by Crippen LogP contribution is 2.24. The molecule has 0 heterocycles. The maximum absolute atomic E-state index is 12.6. The summed E-state index contributed by atoms with van der Waals surface area (Å²) >= 11 is 0. The van der Waals surface area contributed by atoms with E-state index in [1.807, 2.05) is 43.3 Å². The first-order valence-electron chi connectivity index (χ1n) is 10.6. The zero-order valence-electron chi connectivity index (χ0n) is 17.7. The highest BCUT2D eigenvalue weighted by atomic mass is 16.5. The van der Waals surface area contributed by atoms with Gasteiger partial charge in [-0.1, -0.05) is 86.1 Å². The van der Waals surface area contributed by atoms with E-state index in [0.717, 1.165) is 24.0 Å². The van der Waals surface area contributed by atoms with Crippen molar-refractivity contribution in [1.29, 1.82) is 0 Å². The van der Waals surface area contributed by atoms with Gasteiger partial charge in [-0.25, -0.2) is 9.59 Å². The number of unbranched alkanes of at least 4 members (excludes halogenated alkanes) is 1. The predicted molar refractivity (Wildman–Crippen MR) is 123 cm³/mol. The van der Waals surface area contributed by atoms with Gasteiger partial charge >= 0.3 is 12.0 Å². The number of nitrogens with one attached hydrogen (secondary N) is 2. The molecule has 0 fully saturated rings. The molecule has 0 saturated heterocycles. The molecule has 0 unspecified atom stereocenters. The third-order valence-electron chi connectivity index (χ3n) is 5.00. The lowest BCUT2D eigenvalue weighted by atomic mass is 9.91. The van der Waals surface area contributed by atoms with Gasteiger partial charge in [0.05, 0.1) is 17.9 Å². The van der Waals surface area contributed by atoms with Crippen molar-refractivity contribution in [3.63, 3.8) is 0 Å². The van der Waals surface area contributed by atoms with Gasteiger partial charge < -0.3 is 15.4 Å². The number of carbonyl (C=O) groups is 2. The Balaban J connectivity index is 1.67. The van der Waals surface area contributed by atoms with E-state index in [2.05, 4.69) is 34.9 Å². The van der Waals surface area contributed by atoms with Crippen LogP contribution in [0.15, 0.2) is 84.9 Å². The summed E-state index contributed by atoms with van der Waals surface area (Å²) in [6, 6.07) is 26.6. The van der Waals surface area contributed by atoms with Crippen LogP contribution in [-0.2, 0) is 4.74 Å². The fraction of sp³-hybridized carbons (Fsp3) is 0.231. The molecule has 0 aromatic heterocycles. The van der Waals surface area contributed by atoms with Gasteiger partial charge in [-0.2, -0.15) is 0 Å². The summed E-state index contributed by atoms with van der Waals surface area (Å²) in [7, 11) is 0. The van der Waals surface area contributed by atoms with Crippen LogP contribution in [0, 0.1) is 0 Å². The van der Waals surface area contributed by atoms with E-state index in [4.69, 9.17) is 4.74 Å². The summed E-state index contributed by atoms with van der Waals surface area (Å²) in [6.07, 6.45) is 1.75. The highest BCUT2D eigenvalue weighted by molar-refractivity contribution is 6.00. The molecule has 0 spiro atoms. The van der Waals surface area contributed by atoms with Crippen molar-refractivity contribution in [2.24, 2.45) is 0 Å². The molecule has 0 aliphatic carbocycles. The Morgan fingerprint density at radius 2 is 1.42 bits per heavy atom. The lowest BCUT2D eigenvalue weighted by molar-refractivity contribution is 0.0501. The van der Waals surface area contributed by atoms with Crippen LogP contribution in [0.1, 0.15) is 47.2 Å². The number of carbonyl (C=O) groups excluding carboxylic acids is 2. The Hall–Kier alpha value is -3.60. The zero-order chi connectivity index (χ0) is 21.9. The lowest BCUT2D eigenvalue weighted by Crippen LogP contribution is -2.33. The average Bonchev–Trinajstić information content (AvgIpc) is 2.81. The third-order valence-corrected chi connectivity index (χ3v) is 5.00. The van der Waals surface area contributed by atoms with Crippen LogP contribution < -0.4 is 10.6 Å². The van der Waals surface area contributed by atoms with E-state index in [1.165, 1.54) is 0 Å². The number of amides is 2. The fourth-order valence-electron chi connectivity index (χ4n) is 3.32. The number of hydrogen-bond acceptors (Lipinski definition) is 3. The molecule has 0 atom stereocenters. The van der Waals surface area contributed by atoms with Crippen molar-refractivity contribution in [3.05, 3.63) is 102 Å². The van der Waals surface area contributed by atoms with Crippen molar-refractivity contribution in [2.45, 2.75) is 25.7 Å². The summed E-state index contributed by atoms with van der Waals surface area (Å²) in [5.74, 6) is -0.418. The third kappa shape index (κ3) is 6.44. The van der Waals surface area contributed by atoms with E-state index in [1.54, 1.807) is 24.3 Å². The predicted octanol–water partition coefficient (Wildman–Crippen LogP) is 5.60. The van der Waals surface area contributed by atoms with Gasteiger partial charge in [0.25, 0.3) is 0 Å². The number of esters is 1. The molecular formula is C26H28N2O3. The highest BCUT2D eigenvalue weighted by Gasteiger charge is 2.17. The topological polar surface area (TPSA) is 67.4 Å². The van der Waals surface area contributed by atoms with Gasteiger partial charge in [-0.3, -0.25) is 0 Å². The molecule has 2 amide bonds. The Morgan fingerprint density at radius 1 is 0.839 bits per heavy atom. The van der Waals surface area contributed by atoms with Crippen molar-refractivity contribution in [1.82, 2.24) is 5.32 Å². The monoisotopic (exact) mass is 416 g/mol. The van der Waals surface area contributed by atoms with Crippen LogP contribution in [0.5, 0.6) is 0 Å². The number of urea groups is 1. The second kappa shape index (κ2) is 11.6. The van der Waals surface area contributed by atoms with E-state index in [0.29, 0.717) is 24.4 Å². The molecule has 5 heteroatoms. The first kappa shape index (κ1) is 22.1. The second-order valence-corrected chi connectivity index (χ2v) is 7.24. The quantitative estimate of drug-likeness (QED) is 0.353. The Bertz CT molecular complexity index is 935. The minimum absolute atomic E-state index is 0.0161. The van der Waals surface area contributed by atoms with Gasteiger partial charge in [-0.05, 0) is 29.7 Å². The number of ether oxygens (including phenoxy) is 1. The Morgan fingerprint density at radius 3 is 2.03 bits per heavy atom. The Labute approximate surface area is 183 Å². The van der Waals surface area contributed by atoms with Gasteiger partial charge in [0.15, 0.2) is 0 Å². The summed E-state index contributed by atoms with van der Waals surface area (Å²) in [5.41, 5.74) is 3.01. The number of hydrogen-bond donors (Lipinski definition) is 2. The normalized spacial score (nSPS) is 10.5. The molecule has 3 rings (SSSR count). The van der Waals surface area contributed by atoms with Crippen LogP contribution in [-0.4, -0.2) is 25.2 Å². The van der Waals surface area contributed by atoms with Crippen molar-refractivity contribution >= 4 is 17.7 Å². The largest absolute Gasteiger partial charge is 0.462 e. The maximum atomic E-state index is 12.6. The number of benzene rings is 3. The van der Waals surface area contributed by atoms with E-state index in [9.17, 15) is 9.59 Å². The van der Waals surface area contributed by atoms with Crippen molar-refractivity contribution in [3.8, 4) is 0 Å². The average molecular weight is 417 g/mol. The maximum Gasteiger partial charge on any atom is 0.340 e. The second-order valence-electron chi connectivity index (χ2n) is 7.24. The van der Waals surface area contributed by atoms with E-state index < -0.39 is 5.97 Å². The molecule has 0 saturated carbocycles. The van der Waals surface area contributed by atoms with Crippen molar-refractivity contribution < 1.29 is 14.3 Å². The molecule has 0 aliphatic heterocycles. The minimum atomic E-state index is -0.434. The van der Waals surface area contributed by atoms with Gasteiger partial charge in [0.1, 0.15) is 0 Å². The first-order chi connectivity index (χ1) is 15.2. The molecule has 160 valence electrons. The van der Waals surface area contributed by atoms with Crippen LogP contribution in [0.25, 0.3) is 0 Å². The lowest BCUT2D eigenvalue weighted by Gasteiger charge is -2.19. The molecule has 31 heavy (non-hydrogen) atoms. The molecule has 5 nitrogen and oxygen atoms in total. The first-order valence-corrected chi connectivity index (χ1v) is 10.6. The zero-order valence-corrected chi connectivity index (χ0v) is 17.7. The SMILES string of the molecule is CCCCOC(=O)c1ccccc1NC(=O)NCC(c1ccccc1)c1ccccc1. The minimum Gasteiger partial charge on any atom is -0.462 e. The Kier molecular flexibility index (Phi) is 8.23. The summed E-state index contributed by atoms with van der Waals surface area (Å²) in [6.45, 7) is 2.82. The smallest absolute Gasteiger partial charge is 0.340 e. The van der Waals surface area contributed by atoms with Crippen molar-refractivity contribution in [2.75, 3.05) is 18.5 Å². The van der Waals surface area contributed by atoms with E-state index >= 15 is 0 Å². The molecule has 0 aliphatic rings. The summed E-state index contributed by atoms with van der Waals surface area (Å²) < 4.78 is 5.29. The van der Waals surface area contributed by atoms with Crippen LogP contribution in [0.3, 0.4) is 0 Å². The van der Waals surface area contributed by atoms with Crippen LogP contribution >= 0.6 is 0 Å². The molecule has 0 bridgehead atoms. The van der Waals surface area contributed by atoms with Gasteiger partial charge in [0.2, 0.25) is 0 Å².